The van der Waals surface area contributed by atoms with Gasteiger partial charge in [-0.1, -0.05) is 30.3 Å². The number of benzene rings is 2. The summed E-state index contributed by atoms with van der Waals surface area (Å²) in [6, 6.07) is 13.6. The number of hydrogen-bond donors (Lipinski definition) is 1. The first-order valence-corrected chi connectivity index (χ1v) is 5.81. The van der Waals surface area contributed by atoms with Gasteiger partial charge in [0.05, 0.1) is 10.8 Å². The lowest BCUT2D eigenvalue weighted by Crippen LogP contribution is -2.13. The quantitative estimate of drug-likeness (QED) is 0.661. The van der Waals surface area contributed by atoms with Gasteiger partial charge in [-0.25, -0.2) is 0 Å². The van der Waals surface area contributed by atoms with Gasteiger partial charge in [-0.2, -0.15) is 0 Å². The Bertz CT molecular complexity index is 665. The average molecular weight is 254 g/mol. The van der Waals surface area contributed by atoms with Crippen LogP contribution in [0, 0.1) is 10.1 Å². The van der Waals surface area contributed by atoms with Crippen LogP contribution in [0.15, 0.2) is 48.5 Å². The molecule has 1 atom stereocenters. The Kier molecular flexibility index (Phi) is 2.52. The highest BCUT2D eigenvalue weighted by Crippen LogP contribution is 2.37. The molecule has 5 nitrogen and oxygen atoms in total. The number of non-ortho nitro benzene ring substituents is 1. The summed E-state index contributed by atoms with van der Waals surface area (Å²) in [4.78, 5) is 22.2. The number of nitro groups is 1. The van der Waals surface area contributed by atoms with E-state index in [2.05, 4.69) is 5.32 Å². The molecule has 0 fully saturated rings. The molecule has 19 heavy (non-hydrogen) atoms. The highest BCUT2D eigenvalue weighted by molar-refractivity contribution is 6.05. The van der Waals surface area contributed by atoms with E-state index in [9.17, 15) is 14.9 Å². The maximum Gasteiger partial charge on any atom is 0.269 e. The van der Waals surface area contributed by atoms with E-state index in [1.165, 1.54) is 12.1 Å². The molecule has 0 radical (unpaired) electrons. The van der Waals surface area contributed by atoms with Crippen LogP contribution in [0.3, 0.4) is 0 Å². The Morgan fingerprint density at radius 3 is 2.42 bits per heavy atom. The van der Waals surface area contributed by atoms with Crippen LogP contribution in [-0.2, 0) is 4.79 Å². The van der Waals surface area contributed by atoms with Crippen molar-refractivity contribution in [2.24, 2.45) is 0 Å². The largest absolute Gasteiger partial charge is 0.325 e. The lowest BCUT2D eigenvalue weighted by atomic mass is 9.92. The second-order valence-electron chi connectivity index (χ2n) is 4.36. The third-order valence-corrected chi connectivity index (χ3v) is 3.23. The van der Waals surface area contributed by atoms with Gasteiger partial charge in [0.15, 0.2) is 0 Å². The molecule has 3 rings (SSSR count). The molecule has 1 aliphatic rings. The van der Waals surface area contributed by atoms with Crippen LogP contribution in [0.5, 0.6) is 0 Å². The van der Waals surface area contributed by atoms with E-state index >= 15 is 0 Å². The fraction of sp³-hybridized carbons (Fsp3) is 0.0714. The molecule has 94 valence electrons. The summed E-state index contributed by atoms with van der Waals surface area (Å²) in [6.45, 7) is 0. The smallest absolute Gasteiger partial charge is 0.269 e. The SMILES string of the molecule is O=C1Nc2ccccc2C1c1ccc([N+](=O)[O-])cc1. The minimum Gasteiger partial charge on any atom is -0.325 e. The molecule has 2 aromatic rings. The Labute approximate surface area is 109 Å². The third kappa shape index (κ3) is 1.85. The van der Waals surface area contributed by atoms with Crippen molar-refractivity contribution in [3.63, 3.8) is 0 Å². The first kappa shape index (κ1) is 11.4. The zero-order chi connectivity index (χ0) is 13.4. The maximum atomic E-state index is 12.0. The molecule has 1 amide bonds. The summed E-state index contributed by atoms with van der Waals surface area (Å²) in [5.74, 6) is -0.493. The molecular formula is C14H10N2O3. The number of nitrogens with one attached hydrogen (secondary N) is 1. The van der Waals surface area contributed by atoms with Crippen molar-refractivity contribution >= 4 is 17.3 Å². The van der Waals surface area contributed by atoms with Crippen LogP contribution in [-0.4, -0.2) is 10.8 Å². The Hall–Kier alpha value is -2.69. The molecular weight excluding hydrogens is 244 g/mol. The highest BCUT2D eigenvalue weighted by Gasteiger charge is 2.31. The minimum absolute atomic E-state index is 0.0236. The van der Waals surface area contributed by atoms with E-state index in [1.807, 2.05) is 24.3 Å². The van der Waals surface area contributed by atoms with E-state index in [0.29, 0.717) is 0 Å². The van der Waals surface area contributed by atoms with Crippen LogP contribution in [0.4, 0.5) is 11.4 Å². The average Bonchev–Trinajstić information content (AvgIpc) is 2.74. The predicted molar refractivity (Wildman–Crippen MR) is 70.0 cm³/mol. The van der Waals surface area contributed by atoms with Gasteiger partial charge in [-0.05, 0) is 17.2 Å². The summed E-state index contributed by atoms with van der Waals surface area (Å²) >= 11 is 0. The molecule has 1 N–H and O–H groups in total. The van der Waals surface area contributed by atoms with Gasteiger partial charge >= 0.3 is 0 Å². The van der Waals surface area contributed by atoms with Gasteiger partial charge in [-0.15, -0.1) is 0 Å². The van der Waals surface area contributed by atoms with Crippen LogP contribution in [0.25, 0.3) is 0 Å². The van der Waals surface area contributed by atoms with Gasteiger partial charge < -0.3 is 5.32 Å². The fourth-order valence-corrected chi connectivity index (χ4v) is 2.33. The maximum absolute atomic E-state index is 12.0. The van der Waals surface area contributed by atoms with Gasteiger partial charge in [0.25, 0.3) is 5.69 Å². The molecule has 0 aliphatic carbocycles. The molecule has 1 aliphatic heterocycles. The summed E-state index contributed by atoms with van der Waals surface area (Å²) in [5.41, 5.74) is 2.49. The molecule has 0 aromatic heterocycles. The third-order valence-electron chi connectivity index (χ3n) is 3.23. The fourth-order valence-electron chi connectivity index (χ4n) is 2.33. The zero-order valence-electron chi connectivity index (χ0n) is 9.87. The number of anilines is 1. The molecule has 5 heteroatoms. The van der Waals surface area contributed by atoms with Crippen LogP contribution >= 0.6 is 0 Å². The van der Waals surface area contributed by atoms with Gasteiger partial charge in [0.2, 0.25) is 5.91 Å². The lowest BCUT2D eigenvalue weighted by Gasteiger charge is -2.08. The van der Waals surface area contributed by atoms with E-state index in [-0.39, 0.29) is 11.6 Å². The normalized spacial score (nSPS) is 16.8. The standard InChI is InChI=1S/C14H10N2O3/c17-14-13(11-3-1-2-4-12(11)15-14)9-5-7-10(8-6-9)16(18)19/h1-8,13H,(H,15,17). The zero-order valence-corrected chi connectivity index (χ0v) is 9.87. The number of rotatable bonds is 2. The second kappa shape index (κ2) is 4.20. The Balaban J connectivity index is 2.02. The number of nitro benzene ring substituents is 1. The van der Waals surface area contributed by atoms with Crippen molar-refractivity contribution in [3.8, 4) is 0 Å². The van der Waals surface area contributed by atoms with Crippen molar-refractivity contribution in [2.45, 2.75) is 5.92 Å². The number of carbonyl (C=O) groups is 1. The second-order valence-corrected chi connectivity index (χ2v) is 4.36. The number of para-hydroxylation sites is 1. The number of nitrogens with zero attached hydrogens (tertiary/aromatic N) is 1. The number of carbonyl (C=O) groups excluding carboxylic acids is 1. The monoisotopic (exact) mass is 254 g/mol. The van der Waals surface area contributed by atoms with E-state index < -0.39 is 10.8 Å². The van der Waals surface area contributed by atoms with Gasteiger partial charge in [-0.3, -0.25) is 14.9 Å². The van der Waals surface area contributed by atoms with Crippen LogP contribution < -0.4 is 5.32 Å². The predicted octanol–water partition coefficient (Wildman–Crippen LogP) is 2.68. The summed E-state index contributed by atoms with van der Waals surface area (Å²) in [7, 11) is 0. The van der Waals surface area contributed by atoms with Crippen molar-refractivity contribution in [1.82, 2.24) is 0 Å². The molecule has 1 unspecified atom stereocenters. The van der Waals surface area contributed by atoms with Crippen molar-refractivity contribution in [2.75, 3.05) is 5.32 Å². The van der Waals surface area contributed by atoms with Crippen molar-refractivity contribution < 1.29 is 9.72 Å². The molecule has 0 bridgehead atoms. The van der Waals surface area contributed by atoms with E-state index in [1.54, 1.807) is 12.1 Å². The van der Waals surface area contributed by atoms with E-state index in [0.717, 1.165) is 16.8 Å². The number of hydrogen-bond acceptors (Lipinski definition) is 3. The minimum atomic E-state index is -0.452. The molecule has 0 saturated carbocycles. The van der Waals surface area contributed by atoms with Gasteiger partial charge in [0, 0.05) is 17.8 Å². The molecule has 0 spiro atoms. The first-order chi connectivity index (χ1) is 9.16. The number of fused-ring (bicyclic) bond motifs is 1. The Morgan fingerprint density at radius 1 is 1.05 bits per heavy atom. The van der Waals surface area contributed by atoms with E-state index in [4.69, 9.17) is 0 Å². The van der Waals surface area contributed by atoms with Crippen molar-refractivity contribution in [3.05, 3.63) is 69.8 Å². The number of amides is 1. The van der Waals surface area contributed by atoms with Gasteiger partial charge in [0.1, 0.15) is 0 Å². The topological polar surface area (TPSA) is 72.2 Å². The summed E-state index contributed by atoms with van der Waals surface area (Å²) in [6.07, 6.45) is 0. The lowest BCUT2D eigenvalue weighted by molar-refractivity contribution is -0.384. The molecule has 1 heterocycles. The summed E-state index contributed by atoms with van der Waals surface area (Å²) < 4.78 is 0. The first-order valence-electron chi connectivity index (χ1n) is 5.81. The Morgan fingerprint density at radius 2 is 1.74 bits per heavy atom. The van der Waals surface area contributed by atoms with Crippen LogP contribution in [0.1, 0.15) is 17.0 Å². The van der Waals surface area contributed by atoms with Crippen LogP contribution in [0.2, 0.25) is 0 Å². The summed E-state index contributed by atoms with van der Waals surface area (Å²) in [5, 5.41) is 13.4. The molecule has 2 aromatic carbocycles. The van der Waals surface area contributed by atoms with Crippen molar-refractivity contribution in [1.29, 1.82) is 0 Å². The molecule has 0 saturated heterocycles. The highest BCUT2D eigenvalue weighted by atomic mass is 16.6.